The molecule has 5 heteroatoms. The molecule has 0 saturated heterocycles. The van der Waals surface area contributed by atoms with Gasteiger partial charge >= 0.3 is 0 Å². The highest BCUT2D eigenvalue weighted by molar-refractivity contribution is 6.33. The van der Waals surface area contributed by atoms with E-state index in [2.05, 4.69) is 0 Å². The van der Waals surface area contributed by atoms with E-state index in [1.165, 1.54) is 6.07 Å². The highest BCUT2D eigenvalue weighted by atomic mass is 35.5. The van der Waals surface area contributed by atoms with Gasteiger partial charge in [0.05, 0.1) is 5.02 Å². The third-order valence-electron chi connectivity index (χ3n) is 3.04. The van der Waals surface area contributed by atoms with Gasteiger partial charge in [0, 0.05) is 17.2 Å². The molecule has 1 aromatic carbocycles. The fourth-order valence-corrected chi connectivity index (χ4v) is 2.31. The van der Waals surface area contributed by atoms with Crippen molar-refractivity contribution in [1.82, 2.24) is 0 Å². The van der Waals surface area contributed by atoms with Crippen molar-refractivity contribution in [2.45, 2.75) is 18.4 Å². The lowest BCUT2D eigenvalue weighted by molar-refractivity contribution is 0.168. The standard InChI is InChI=1S/C11H12ClNO3/c12-9-6(14)5-7-10(16-4-3-15-7)8(9)11(13)1-2-11/h5,14H,1-4,13H2. The van der Waals surface area contributed by atoms with E-state index < -0.39 is 5.54 Å². The van der Waals surface area contributed by atoms with E-state index in [1.807, 2.05) is 0 Å². The summed E-state index contributed by atoms with van der Waals surface area (Å²) in [5.41, 5.74) is 6.36. The highest BCUT2D eigenvalue weighted by Crippen LogP contribution is 2.55. The molecule has 3 rings (SSSR count). The van der Waals surface area contributed by atoms with Crippen LogP contribution in [0.25, 0.3) is 0 Å². The summed E-state index contributed by atoms with van der Waals surface area (Å²) < 4.78 is 11.0. The fourth-order valence-electron chi connectivity index (χ4n) is 1.98. The molecule has 1 aromatic rings. The molecule has 0 unspecified atom stereocenters. The number of benzene rings is 1. The number of fused-ring (bicyclic) bond motifs is 1. The molecule has 16 heavy (non-hydrogen) atoms. The van der Waals surface area contributed by atoms with Gasteiger partial charge < -0.3 is 20.3 Å². The van der Waals surface area contributed by atoms with Gasteiger partial charge in [0.15, 0.2) is 11.5 Å². The Morgan fingerprint density at radius 2 is 2.00 bits per heavy atom. The van der Waals surface area contributed by atoms with E-state index in [9.17, 15) is 5.11 Å². The Morgan fingerprint density at radius 3 is 2.69 bits per heavy atom. The Bertz CT molecular complexity index is 457. The highest BCUT2D eigenvalue weighted by Gasteiger charge is 2.46. The van der Waals surface area contributed by atoms with Crippen molar-refractivity contribution in [2.75, 3.05) is 13.2 Å². The quantitative estimate of drug-likeness (QED) is 0.787. The van der Waals surface area contributed by atoms with Crippen LogP contribution in [0.3, 0.4) is 0 Å². The first kappa shape index (κ1) is 10.1. The zero-order chi connectivity index (χ0) is 11.3. The normalized spacial score (nSPS) is 20.6. The van der Waals surface area contributed by atoms with Gasteiger partial charge in [-0.2, -0.15) is 0 Å². The molecule has 1 saturated carbocycles. The van der Waals surface area contributed by atoms with Crippen LogP contribution in [0.15, 0.2) is 6.07 Å². The van der Waals surface area contributed by atoms with Gasteiger partial charge in [0.25, 0.3) is 0 Å². The summed E-state index contributed by atoms with van der Waals surface area (Å²) >= 11 is 6.09. The Kier molecular flexibility index (Phi) is 2.00. The molecule has 0 aromatic heterocycles. The Balaban J connectivity index is 2.23. The number of ether oxygens (including phenoxy) is 2. The van der Waals surface area contributed by atoms with E-state index >= 15 is 0 Å². The number of halogens is 1. The average molecular weight is 242 g/mol. The fraction of sp³-hybridized carbons (Fsp3) is 0.455. The summed E-state index contributed by atoms with van der Waals surface area (Å²) in [6.45, 7) is 0.961. The van der Waals surface area contributed by atoms with Crippen molar-refractivity contribution in [1.29, 1.82) is 0 Å². The number of nitrogens with two attached hydrogens (primary N) is 1. The third kappa shape index (κ3) is 1.33. The first-order chi connectivity index (χ1) is 7.62. The topological polar surface area (TPSA) is 64.7 Å². The van der Waals surface area contributed by atoms with Gasteiger partial charge in [-0.05, 0) is 12.8 Å². The van der Waals surface area contributed by atoms with Crippen LogP contribution in [-0.4, -0.2) is 18.3 Å². The summed E-state index contributed by atoms with van der Waals surface area (Å²) in [6, 6.07) is 1.48. The minimum atomic E-state index is -0.458. The molecule has 0 spiro atoms. The number of phenols is 1. The number of hydrogen-bond donors (Lipinski definition) is 2. The molecular formula is C11H12ClNO3. The van der Waals surface area contributed by atoms with Gasteiger partial charge in [-0.1, -0.05) is 11.6 Å². The molecule has 86 valence electrons. The molecule has 3 N–H and O–H groups in total. The predicted octanol–water partition coefficient (Wildman–Crippen LogP) is 1.76. The molecular weight excluding hydrogens is 230 g/mol. The summed E-state index contributed by atoms with van der Waals surface area (Å²) in [6.07, 6.45) is 1.71. The molecule has 0 atom stereocenters. The maximum atomic E-state index is 9.72. The summed E-state index contributed by atoms with van der Waals surface area (Å²) in [5.74, 6) is 1.12. The van der Waals surface area contributed by atoms with Crippen molar-refractivity contribution in [3.63, 3.8) is 0 Å². The molecule has 1 fully saturated rings. The molecule has 1 aliphatic carbocycles. The lowest BCUT2D eigenvalue weighted by atomic mass is 10.0. The largest absolute Gasteiger partial charge is 0.506 e. The average Bonchev–Trinajstić information content (AvgIpc) is 2.99. The van der Waals surface area contributed by atoms with Crippen molar-refractivity contribution in [3.05, 3.63) is 16.7 Å². The van der Waals surface area contributed by atoms with Crippen LogP contribution < -0.4 is 15.2 Å². The minimum absolute atomic E-state index is 0.00218. The van der Waals surface area contributed by atoms with Gasteiger partial charge in [0.1, 0.15) is 19.0 Å². The molecule has 0 bridgehead atoms. The molecule has 4 nitrogen and oxygen atoms in total. The molecule has 2 aliphatic rings. The van der Waals surface area contributed by atoms with E-state index in [4.69, 9.17) is 26.8 Å². The van der Waals surface area contributed by atoms with Crippen LogP contribution in [0.2, 0.25) is 5.02 Å². The number of phenolic OH excluding ortho intramolecular Hbond substituents is 1. The maximum Gasteiger partial charge on any atom is 0.168 e. The van der Waals surface area contributed by atoms with Gasteiger partial charge in [-0.25, -0.2) is 0 Å². The predicted molar refractivity (Wildman–Crippen MR) is 59.2 cm³/mol. The van der Waals surface area contributed by atoms with Gasteiger partial charge in [-0.15, -0.1) is 0 Å². The first-order valence-corrected chi connectivity index (χ1v) is 5.60. The van der Waals surface area contributed by atoms with Crippen molar-refractivity contribution < 1.29 is 14.6 Å². The summed E-state index contributed by atoms with van der Waals surface area (Å²) in [5, 5.41) is 10.0. The van der Waals surface area contributed by atoms with E-state index in [0.29, 0.717) is 30.3 Å². The van der Waals surface area contributed by atoms with Crippen LogP contribution in [0.5, 0.6) is 17.2 Å². The van der Waals surface area contributed by atoms with E-state index in [1.54, 1.807) is 0 Å². The van der Waals surface area contributed by atoms with Crippen LogP contribution >= 0.6 is 11.6 Å². The number of hydrogen-bond acceptors (Lipinski definition) is 4. The second kappa shape index (κ2) is 3.18. The number of rotatable bonds is 1. The maximum absolute atomic E-state index is 9.72. The van der Waals surface area contributed by atoms with Crippen molar-refractivity contribution >= 4 is 11.6 Å². The monoisotopic (exact) mass is 241 g/mol. The van der Waals surface area contributed by atoms with Crippen LogP contribution in [-0.2, 0) is 5.54 Å². The van der Waals surface area contributed by atoms with Crippen LogP contribution in [0.1, 0.15) is 18.4 Å². The SMILES string of the molecule is NC1(c2c(Cl)c(O)cc3c2OCCO3)CC1. The zero-order valence-electron chi connectivity index (χ0n) is 8.62. The summed E-state index contributed by atoms with van der Waals surface area (Å²) in [7, 11) is 0. The third-order valence-corrected chi connectivity index (χ3v) is 3.42. The smallest absolute Gasteiger partial charge is 0.168 e. The van der Waals surface area contributed by atoms with Crippen molar-refractivity contribution in [2.24, 2.45) is 5.73 Å². The van der Waals surface area contributed by atoms with Crippen LogP contribution in [0, 0.1) is 0 Å². The second-order valence-electron chi connectivity index (χ2n) is 4.26. The number of aromatic hydroxyl groups is 1. The zero-order valence-corrected chi connectivity index (χ0v) is 9.38. The molecule has 1 aliphatic heterocycles. The Labute approximate surface area is 97.9 Å². The molecule has 0 amide bonds. The lowest BCUT2D eigenvalue weighted by Gasteiger charge is -2.25. The molecule has 1 heterocycles. The molecule has 0 radical (unpaired) electrons. The van der Waals surface area contributed by atoms with E-state index in [0.717, 1.165) is 12.8 Å². The second-order valence-corrected chi connectivity index (χ2v) is 4.64. The summed E-state index contributed by atoms with van der Waals surface area (Å²) in [4.78, 5) is 0. The van der Waals surface area contributed by atoms with E-state index in [-0.39, 0.29) is 10.8 Å². The lowest BCUT2D eigenvalue weighted by Crippen LogP contribution is -2.24. The van der Waals surface area contributed by atoms with Gasteiger partial charge in [-0.3, -0.25) is 0 Å². The van der Waals surface area contributed by atoms with Crippen LogP contribution in [0.4, 0.5) is 0 Å². The minimum Gasteiger partial charge on any atom is -0.506 e. The Hall–Kier alpha value is -1.13. The van der Waals surface area contributed by atoms with Gasteiger partial charge in [0.2, 0.25) is 0 Å². The van der Waals surface area contributed by atoms with Crippen molar-refractivity contribution in [3.8, 4) is 17.2 Å². The Morgan fingerprint density at radius 1 is 1.31 bits per heavy atom. The first-order valence-electron chi connectivity index (χ1n) is 5.22.